The lowest BCUT2D eigenvalue weighted by molar-refractivity contribution is 0.0426. The molecule has 11 nitrogen and oxygen atoms in total. The zero-order valence-electron chi connectivity index (χ0n) is 22.0. The van der Waals surface area contributed by atoms with Gasteiger partial charge in [-0.05, 0) is 59.7 Å². The number of aliphatic hydroxyl groups excluding tert-OH is 1. The third kappa shape index (κ3) is 7.19. The predicted molar refractivity (Wildman–Crippen MR) is 136 cm³/mol. The number of aliphatic hydroxyl groups is 1. The van der Waals surface area contributed by atoms with Crippen LogP contribution in [0.15, 0.2) is 36.4 Å². The third-order valence-electron chi connectivity index (χ3n) is 4.69. The molecule has 0 radical (unpaired) electrons. The second kappa shape index (κ2) is 11.1. The number of rotatable bonds is 5. The summed E-state index contributed by atoms with van der Waals surface area (Å²) in [6, 6.07) is 8.88. The van der Waals surface area contributed by atoms with Crippen molar-refractivity contribution in [2.45, 2.75) is 65.9 Å². The van der Waals surface area contributed by atoms with E-state index in [-0.39, 0.29) is 29.7 Å². The molecule has 12 heteroatoms. The normalized spacial score (nSPS) is 11.7. The number of hydrogen-bond donors (Lipinski definition) is 2. The van der Waals surface area contributed by atoms with Gasteiger partial charge in [-0.3, -0.25) is 9.78 Å². The molecular formula is C26H30FN5O6. The maximum atomic E-state index is 14.8. The highest BCUT2D eigenvalue weighted by Crippen LogP contribution is 2.25. The highest BCUT2D eigenvalue weighted by atomic mass is 19.1. The minimum atomic E-state index is -1.17. The number of fused-ring (bicyclic) bond motifs is 1. The molecule has 0 spiro atoms. The van der Waals surface area contributed by atoms with Crippen LogP contribution in [-0.4, -0.2) is 49.4 Å². The van der Waals surface area contributed by atoms with Crippen LogP contribution in [0.5, 0.6) is 0 Å². The van der Waals surface area contributed by atoms with Crippen molar-refractivity contribution in [1.82, 2.24) is 20.3 Å². The van der Waals surface area contributed by atoms with Crippen LogP contribution < -0.4 is 10.2 Å². The number of carbonyl (C=O) groups excluding carboxylic acids is 3. The molecular weight excluding hydrogens is 497 g/mol. The van der Waals surface area contributed by atoms with Gasteiger partial charge in [-0.25, -0.2) is 23.9 Å². The lowest BCUT2D eigenvalue weighted by atomic mass is 10.1. The number of carbonyl (C=O) groups is 3. The average molecular weight is 528 g/mol. The zero-order chi connectivity index (χ0) is 28.3. The monoisotopic (exact) mass is 527 g/mol. The molecule has 2 N–H and O–H groups in total. The molecule has 0 aliphatic heterocycles. The van der Waals surface area contributed by atoms with Crippen molar-refractivity contribution in [2.24, 2.45) is 0 Å². The molecule has 0 aliphatic carbocycles. The molecule has 0 saturated heterocycles. The lowest BCUT2D eigenvalue weighted by Gasteiger charge is -2.27. The molecule has 0 fully saturated rings. The fourth-order valence-electron chi connectivity index (χ4n) is 3.20. The highest BCUT2D eigenvalue weighted by molar-refractivity contribution is 6.10. The Balaban J connectivity index is 2.09. The van der Waals surface area contributed by atoms with Crippen LogP contribution in [0.4, 0.5) is 19.9 Å². The van der Waals surface area contributed by atoms with Crippen molar-refractivity contribution in [2.75, 3.05) is 4.90 Å². The Kier molecular flexibility index (Phi) is 8.25. The van der Waals surface area contributed by atoms with Crippen LogP contribution in [0.25, 0.3) is 10.9 Å². The molecule has 0 aliphatic rings. The molecule has 202 valence electrons. The number of nitrogens with zero attached hydrogens (tertiary/aromatic N) is 4. The Labute approximate surface area is 219 Å². The van der Waals surface area contributed by atoms with Gasteiger partial charge in [0.15, 0.2) is 0 Å². The largest absolute Gasteiger partial charge is 0.443 e. The van der Waals surface area contributed by atoms with Crippen molar-refractivity contribution < 1.29 is 33.4 Å². The van der Waals surface area contributed by atoms with Crippen molar-refractivity contribution in [3.05, 3.63) is 59.3 Å². The van der Waals surface area contributed by atoms with Gasteiger partial charge in [-0.15, -0.1) is 4.90 Å². The van der Waals surface area contributed by atoms with Crippen LogP contribution in [0, 0.1) is 5.82 Å². The van der Waals surface area contributed by atoms with Crippen LogP contribution in [-0.2, 0) is 22.6 Å². The lowest BCUT2D eigenvalue weighted by Crippen LogP contribution is -2.45. The number of anilines is 1. The number of ether oxygens (including phenoxy) is 2. The Morgan fingerprint density at radius 2 is 1.47 bits per heavy atom. The molecule has 2 aromatic heterocycles. The standard InChI is InChI=1S/C26H30FN5O6/c1-25(2,3)37-23(35)32(24(36)38-26(4,5)6)22-30-19-17(11-8-12-18(19)27)20(31-22)21(34)28-13-15-9-7-10-16(14-33)29-15/h7-12,33H,13-14H2,1-6H3,(H,28,34). The number of pyridine rings is 1. The van der Waals surface area contributed by atoms with E-state index in [9.17, 15) is 23.9 Å². The van der Waals surface area contributed by atoms with E-state index < -0.39 is 41.1 Å². The molecule has 38 heavy (non-hydrogen) atoms. The SMILES string of the molecule is CC(C)(C)OC(=O)N(C(=O)OC(C)(C)C)c1nc(C(=O)NCc2cccc(CO)n2)c2cccc(F)c2n1. The summed E-state index contributed by atoms with van der Waals surface area (Å²) in [5.74, 6) is -2.14. The molecule has 0 bridgehead atoms. The van der Waals surface area contributed by atoms with Crippen LogP contribution >= 0.6 is 0 Å². The van der Waals surface area contributed by atoms with E-state index in [1.54, 1.807) is 59.7 Å². The molecule has 0 atom stereocenters. The number of aromatic nitrogens is 3. The van der Waals surface area contributed by atoms with E-state index in [0.717, 1.165) is 6.07 Å². The van der Waals surface area contributed by atoms with Gasteiger partial charge in [0.05, 0.1) is 24.5 Å². The van der Waals surface area contributed by atoms with Crippen molar-refractivity contribution in [3.63, 3.8) is 0 Å². The first-order valence-corrected chi connectivity index (χ1v) is 11.7. The van der Waals surface area contributed by atoms with Crippen molar-refractivity contribution >= 4 is 34.9 Å². The number of benzene rings is 1. The second-order valence-corrected chi connectivity index (χ2v) is 10.3. The Morgan fingerprint density at radius 1 is 0.895 bits per heavy atom. The third-order valence-corrected chi connectivity index (χ3v) is 4.69. The smallest absolute Gasteiger partial charge is 0.427 e. The Hall–Kier alpha value is -4.19. The number of imide groups is 1. The summed E-state index contributed by atoms with van der Waals surface area (Å²) in [4.78, 5) is 52.2. The van der Waals surface area contributed by atoms with E-state index in [0.29, 0.717) is 16.3 Å². The van der Waals surface area contributed by atoms with E-state index >= 15 is 0 Å². The summed E-state index contributed by atoms with van der Waals surface area (Å²) in [5.41, 5.74) is -1.72. The minimum Gasteiger partial charge on any atom is -0.443 e. The Bertz CT molecular complexity index is 1340. The number of para-hydroxylation sites is 1. The van der Waals surface area contributed by atoms with Crippen LogP contribution in [0.2, 0.25) is 0 Å². The quantitative estimate of drug-likeness (QED) is 0.497. The molecule has 3 rings (SSSR count). The molecule has 0 saturated carbocycles. The summed E-state index contributed by atoms with van der Waals surface area (Å²) in [6.45, 7) is 9.26. The van der Waals surface area contributed by atoms with Gasteiger partial charge in [0.1, 0.15) is 28.2 Å². The van der Waals surface area contributed by atoms with Gasteiger partial charge < -0.3 is 19.9 Å². The fourth-order valence-corrected chi connectivity index (χ4v) is 3.20. The van der Waals surface area contributed by atoms with Crippen molar-refractivity contribution in [3.8, 4) is 0 Å². The maximum Gasteiger partial charge on any atom is 0.427 e. The van der Waals surface area contributed by atoms with Gasteiger partial charge in [0.25, 0.3) is 5.91 Å². The fraction of sp³-hybridized carbons (Fsp3) is 0.385. The average Bonchev–Trinajstić information content (AvgIpc) is 2.80. The number of nitrogens with one attached hydrogen (secondary N) is 1. The first-order chi connectivity index (χ1) is 17.7. The first-order valence-electron chi connectivity index (χ1n) is 11.7. The van der Waals surface area contributed by atoms with Gasteiger partial charge in [-0.2, -0.15) is 0 Å². The summed E-state index contributed by atoms with van der Waals surface area (Å²) in [5, 5.41) is 12.0. The minimum absolute atomic E-state index is 0.0370. The zero-order valence-corrected chi connectivity index (χ0v) is 22.0. The second-order valence-electron chi connectivity index (χ2n) is 10.3. The summed E-state index contributed by atoms with van der Waals surface area (Å²) in [6.07, 6.45) is -2.34. The van der Waals surface area contributed by atoms with E-state index in [4.69, 9.17) is 9.47 Å². The Morgan fingerprint density at radius 3 is 2.05 bits per heavy atom. The number of halogens is 1. The van der Waals surface area contributed by atoms with E-state index in [2.05, 4.69) is 20.3 Å². The first kappa shape index (κ1) is 28.4. The van der Waals surface area contributed by atoms with Crippen molar-refractivity contribution in [1.29, 1.82) is 0 Å². The highest BCUT2D eigenvalue weighted by Gasteiger charge is 2.36. The number of amides is 3. The molecule has 3 aromatic rings. The maximum absolute atomic E-state index is 14.8. The molecule has 1 aromatic carbocycles. The molecule has 3 amide bonds. The predicted octanol–water partition coefficient (Wildman–Crippen LogP) is 4.26. The topological polar surface area (TPSA) is 144 Å². The summed E-state index contributed by atoms with van der Waals surface area (Å²) < 4.78 is 25.5. The van der Waals surface area contributed by atoms with Crippen LogP contribution in [0.1, 0.15) is 63.4 Å². The van der Waals surface area contributed by atoms with Gasteiger partial charge in [0, 0.05) is 5.39 Å². The van der Waals surface area contributed by atoms with Crippen LogP contribution in [0.3, 0.4) is 0 Å². The number of hydrogen-bond acceptors (Lipinski definition) is 9. The molecule has 2 heterocycles. The molecule has 0 unspecified atom stereocenters. The van der Waals surface area contributed by atoms with Gasteiger partial charge in [-0.1, -0.05) is 18.2 Å². The van der Waals surface area contributed by atoms with E-state index in [1.165, 1.54) is 12.1 Å². The van der Waals surface area contributed by atoms with E-state index in [1.807, 2.05) is 0 Å². The summed E-state index contributed by atoms with van der Waals surface area (Å²) in [7, 11) is 0. The van der Waals surface area contributed by atoms with Gasteiger partial charge >= 0.3 is 12.2 Å². The van der Waals surface area contributed by atoms with Gasteiger partial charge in [0.2, 0.25) is 5.95 Å². The summed E-state index contributed by atoms with van der Waals surface area (Å²) >= 11 is 0.